The van der Waals surface area contributed by atoms with E-state index >= 15 is 0 Å². The summed E-state index contributed by atoms with van der Waals surface area (Å²) in [7, 11) is 1.89. The minimum absolute atomic E-state index is 0.331. The molecule has 4 nitrogen and oxygen atoms in total. The minimum atomic E-state index is 0.331. The van der Waals surface area contributed by atoms with Crippen LogP contribution < -0.4 is 10.6 Å². The summed E-state index contributed by atoms with van der Waals surface area (Å²) in [5.74, 6) is 3.68. The second-order valence-electron chi connectivity index (χ2n) is 5.41. The highest BCUT2D eigenvalue weighted by Gasteiger charge is 2.15. The summed E-state index contributed by atoms with van der Waals surface area (Å²) < 4.78 is 0. The third kappa shape index (κ3) is 4.37. The van der Waals surface area contributed by atoms with Gasteiger partial charge in [0.25, 0.3) is 0 Å². The van der Waals surface area contributed by atoms with Crippen LogP contribution in [0.2, 0.25) is 0 Å². The first kappa shape index (κ1) is 15.7. The lowest BCUT2D eigenvalue weighted by Gasteiger charge is -2.23. The maximum atomic E-state index is 4.61. The molecule has 1 atom stereocenters. The Labute approximate surface area is 117 Å². The Bertz CT molecular complexity index is 386. The molecule has 108 valence electrons. The number of nitrogens with zero attached hydrogens (tertiary/aromatic N) is 2. The third-order valence-corrected chi connectivity index (χ3v) is 3.65. The Kier molecular flexibility index (Phi) is 6.06. The quantitative estimate of drug-likeness (QED) is 0.784. The van der Waals surface area contributed by atoms with Crippen molar-refractivity contribution >= 4 is 11.6 Å². The number of hydrogen-bond acceptors (Lipinski definition) is 4. The molecule has 1 aromatic heterocycles. The van der Waals surface area contributed by atoms with Crippen molar-refractivity contribution in [1.82, 2.24) is 9.97 Å². The van der Waals surface area contributed by atoms with Crippen LogP contribution in [0.4, 0.5) is 11.6 Å². The molecule has 0 amide bonds. The summed E-state index contributed by atoms with van der Waals surface area (Å²) in [5.41, 5.74) is 0. The molecule has 0 aliphatic rings. The molecular formula is C15H28N4. The van der Waals surface area contributed by atoms with Gasteiger partial charge < -0.3 is 10.6 Å². The van der Waals surface area contributed by atoms with Crippen molar-refractivity contribution in [2.75, 3.05) is 17.7 Å². The van der Waals surface area contributed by atoms with E-state index in [1.807, 2.05) is 13.1 Å². The monoisotopic (exact) mass is 264 g/mol. The average molecular weight is 264 g/mol. The van der Waals surface area contributed by atoms with Gasteiger partial charge in [-0.3, -0.25) is 0 Å². The number of anilines is 2. The van der Waals surface area contributed by atoms with Gasteiger partial charge in [0.1, 0.15) is 17.5 Å². The van der Waals surface area contributed by atoms with Crippen LogP contribution in [0.15, 0.2) is 6.07 Å². The van der Waals surface area contributed by atoms with Crippen LogP contribution in [0.1, 0.15) is 59.2 Å². The van der Waals surface area contributed by atoms with E-state index in [1.165, 1.54) is 12.8 Å². The Morgan fingerprint density at radius 2 is 1.63 bits per heavy atom. The summed E-state index contributed by atoms with van der Waals surface area (Å²) in [5, 5.41) is 6.62. The van der Waals surface area contributed by atoms with Crippen LogP contribution in [-0.2, 0) is 0 Å². The van der Waals surface area contributed by atoms with Crippen molar-refractivity contribution < 1.29 is 0 Å². The van der Waals surface area contributed by atoms with Gasteiger partial charge >= 0.3 is 0 Å². The van der Waals surface area contributed by atoms with Crippen molar-refractivity contribution in [2.45, 2.75) is 59.4 Å². The van der Waals surface area contributed by atoms with E-state index in [0.29, 0.717) is 17.9 Å². The van der Waals surface area contributed by atoms with E-state index in [2.05, 4.69) is 55.2 Å². The van der Waals surface area contributed by atoms with Crippen molar-refractivity contribution in [2.24, 2.45) is 5.92 Å². The van der Waals surface area contributed by atoms with Crippen LogP contribution in [0, 0.1) is 5.92 Å². The molecule has 1 rings (SSSR count). The molecule has 4 heteroatoms. The summed E-state index contributed by atoms with van der Waals surface area (Å²) in [6.07, 6.45) is 2.37. The fourth-order valence-corrected chi connectivity index (χ4v) is 2.27. The number of aromatic nitrogens is 2. The maximum Gasteiger partial charge on any atom is 0.135 e. The molecule has 19 heavy (non-hydrogen) atoms. The zero-order valence-corrected chi connectivity index (χ0v) is 13.1. The highest BCUT2D eigenvalue weighted by molar-refractivity contribution is 5.48. The molecule has 1 aromatic rings. The lowest BCUT2D eigenvalue weighted by molar-refractivity contribution is 0.437. The van der Waals surface area contributed by atoms with Crippen molar-refractivity contribution in [3.05, 3.63) is 11.9 Å². The molecular weight excluding hydrogens is 236 g/mol. The zero-order valence-electron chi connectivity index (χ0n) is 13.1. The SMILES string of the molecule is CCC(CC)C(C)Nc1cc(NC)nc(C(C)C)n1. The van der Waals surface area contributed by atoms with E-state index in [-0.39, 0.29) is 0 Å². The first-order valence-electron chi connectivity index (χ1n) is 7.35. The molecule has 0 bridgehead atoms. The number of nitrogens with one attached hydrogen (secondary N) is 2. The fourth-order valence-electron chi connectivity index (χ4n) is 2.27. The molecule has 0 aliphatic heterocycles. The number of rotatable bonds is 7. The van der Waals surface area contributed by atoms with E-state index in [4.69, 9.17) is 0 Å². The summed E-state index contributed by atoms with van der Waals surface area (Å²) in [4.78, 5) is 9.09. The largest absolute Gasteiger partial charge is 0.373 e. The van der Waals surface area contributed by atoms with Crippen LogP contribution in [-0.4, -0.2) is 23.1 Å². The highest BCUT2D eigenvalue weighted by Crippen LogP contribution is 2.20. The molecule has 0 aliphatic carbocycles. The third-order valence-electron chi connectivity index (χ3n) is 3.65. The van der Waals surface area contributed by atoms with Gasteiger partial charge in [-0.2, -0.15) is 0 Å². The topological polar surface area (TPSA) is 49.8 Å². The second kappa shape index (κ2) is 7.31. The Hall–Kier alpha value is -1.32. The minimum Gasteiger partial charge on any atom is -0.373 e. The lowest BCUT2D eigenvalue weighted by atomic mass is 9.95. The molecule has 0 fully saturated rings. The Morgan fingerprint density at radius 1 is 1.05 bits per heavy atom. The average Bonchev–Trinajstić information content (AvgIpc) is 2.39. The normalized spacial score (nSPS) is 12.8. The molecule has 0 aromatic carbocycles. The van der Waals surface area contributed by atoms with Gasteiger partial charge in [0.15, 0.2) is 0 Å². The van der Waals surface area contributed by atoms with Crippen molar-refractivity contribution in [1.29, 1.82) is 0 Å². The predicted molar refractivity (Wildman–Crippen MR) is 82.8 cm³/mol. The van der Waals surface area contributed by atoms with E-state index in [1.54, 1.807) is 0 Å². The smallest absolute Gasteiger partial charge is 0.135 e. The van der Waals surface area contributed by atoms with Crippen LogP contribution >= 0.6 is 0 Å². The Balaban J connectivity index is 2.90. The van der Waals surface area contributed by atoms with Gasteiger partial charge in [-0.15, -0.1) is 0 Å². The zero-order chi connectivity index (χ0) is 14.4. The summed E-state index contributed by atoms with van der Waals surface area (Å²) in [6, 6.07) is 2.40. The molecule has 0 radical (unpaired) electrons. The van der Waals surface area contributed by atoms with E-state index in [9.17, 15) is 0 Å². The van der Waals surface area contributed by atoms with E-state index < -0.39 is 0 Å². The first-order chi connectivity index (χ1) is 9.01. The fraction of sp³-hybridized carbons (Fsp3) is 0.733. The van der Waals surface area contributed by atoms with Gasteiger partial charge in [0, 0.05) is 25.1 Å². The summed E-state index contributed by atoms with van der Waals surface area (Å²) >= 11 is 0. The standard InChI is InChI=1S/C15H28N4/c1-7-12(8-2)11(5)17-14-9-13(16-6)18-15(19-14)10(3)4/h9-12H,7-8H2,1-6H3,(H2,16,17,18,19). The van der Waals surface area contributed by atoms with Crippen molar-refractivity contribution in [3.63, 3.8) is 0 Å². The molecule has 1 heterocycles. The van der Waals surface area contributed by atoms with Crippen LogP contribution in [0.3, 0.4) is 0 Å². The molecule has 1 unspecified atom stereocenters. The highest BCUT2D eigenvalue weighted by atomic mass is 15.1. The molecule has 0 saturated heterocycles. The van der Waals surface area contributed by atoms with Gasteiger partial charge in [-0.25, -0.2) is 9.97 Å². The molecule has 0 spiro atoms. The van der Waals surface area contributed by atoms with Crippen LogP contribution in [0.5, 0.6) is 0 Å². The van der Waals surface area contributed by atoms with Gasteiger partial charge in [-0.1, -0.05) is 40.5 Å². The van der Waals surface area contributed by atoms with E-state index in [0.717, 1.165) is 17.5 Å². The number of hydrogen-bond donors (Lipinski definition) is 2. The molecule has 2 N–H and O–H groups in total. The van der Waals surface area contributed by atoms with Gasteiger partial charge in [0.05, 0.1) is 0 Å². The molecule has 0 saturated carbocycles. The first-order valence-corrected chi connectivity index (χ1v) is 7.35. The van der Waals surface area contributed by atoms with Crippen molar-refractivity contribution in [3.8, 4) is 0 Å². The second-order valence-corrected chi connectivity index (χ2v) is 5.41. The maximum absolute atomic E-state index is 4.61. The Morgan fingerprint density at radius 3 is 2.11 bits per heavy atom. The summed E-state index contributed by atoms with van der Waals surface area (Å²) in [6.45, 7) is 10.9. The van der Waals surface area contributed by atoms with Gasteiger partial charge in [0.2, 0.25) is 0 Å². The predicted octanol–water partition coefficient (Wildman–Crippen LogP) is 3.88. The lowest BCUT2D eigenvalue weighted by Crippen LogP contribution is -2.26. The van der Waals surface area contributed by atoms with Gasteiger partial charge in [-0.05, 0) is 12.8 Å². The van der Waals surface area contributed by atoms with Crippen LogP contribution in [0.25, 0.3) is 0 Å².